The lowest BCUT2D eigenvalue weighted by molar-refractivity contribution is 0.0437. The van der Waals surface area contributed by atoms with Gasteiger partial charge in [-0.15, -0.1) is 0 Å². The number of fused-ring (bicyclic) bond motifs is 1. The van der Waals surface area contributed by atoms with Crippen molar-refractivity contribution in [2.45, 2.75) is 51.7 Å². The first-order valence-electron chi connectivity index (χ1n) is 7.32. The van der Waals surface area contributed by atoms with Crippen molar-refractivity contribution in [2.24, 2.45) is 0 Å². The smallest absolute Gasteiger partial charge is 0.0457 e. The largest absolute Gasteiger partial charge is 0.361 e. The maximum atomic E-state index is 3.64. The number of hydrazine groups is 1. The van der Waals surface area contributed by atoms with Gasteiger partial charge in [0.2, 0.25) is 0 Å². The molecule has 2 aromatic rings. The van der Waals surface area contributed by atoms with E-state index < -0.39 is 0 Å². The Balaban J connectivity index is 1.73. The molecule has 1 aliphatic heterocycles. The van der Waals surface area contributed by atoms with Gasteiger partial charge >= 0.3 is 0 Å². The third kappa shape index (κ3) is 2.53. The zero-order chi connectivity index (χ0) is 13.2. The molecule has 2 atom stereocenters. The van der Waals surface area contributed by atoms with Crippen LogP contribution in [0.1, 0.15) is 38.7 Å². The highest BCUT2D eigenvalue weighted by molar-refractivity contribution is 5.82. The highest BCUT2D eigenvalue weighted by atomic mass is 15.5. The van der Waals surface area contributed by atoms with Crippen LogP contribution in [0.25, 0.3) is 10.9 Å². The molecular weight excluding hydrogens is 234 g/mol. The molecule has 19 heavy (non-hydrogen) atoms. The quantitative estimate of drug-likeness (QED) is 0.882. The molecule has 1 aliphatic rings. The number of aromatic nitrogens is 1. The second-order valence-electron chi connectivity index (χ2n) is 5.73. The van der Waals surface area contributed by atoms with Crippen molar-refractivity contribution in [1.29, 1.82) is 0 Å². The van der Waals surface area contributed by atoms with Gasteiger partial charge in [0.15, 0.2) is 0 Å². The van der Waals surface area contributed by atoms with Gasteiger partial charge in [-0.2, -0.15) is 0 Å². The Bertz CT molecular complexity index is 536. The predicted octanol–water partition coefficient (Wildman–Crippen LogP) is 3.44. The molecule has 2 heterocycles. The van der Waals surface area contributed by atoms with Gasteiger partial charge in [-0.3, -0.25) is 5.43 Å². The molecule has 0 amide bonds. The van der Waals surface area contributed by atoms with Crippen LogP contribution in [-0.4, -0.2) is 22.1 Å². The van der Waals surface area contributed by atoms with Gasteiger partial charge in [-0.05, 0) is 44.4 Å². The van der Waals surface area contributed by atoms with Crippen LogP contribution >= 0.6 is 0 Å². The van der Waals surface area contributed by atoms with Crippen molar-refractivity contribution in [3.63, 3.8) is 0 Å². The first-order chi connectivity index (χ1) is 9.25. The molecule has 0 aliphatic carbocycles. The number of piperidine rings is 1. The van der Waals surface area contributed by atoms with Gasteiger partial charge in [-0.1, -0.05) is 18.6 Å². The summed E-state index contributed by atoms with van der Waals surface area (Å²) >= 11 is 0. The molecule has 2 unspecified atom stereocenters. The number of hydrogen-bond acceptors (Lipinski definition) is 2. The third-order valence-corrected chi connectivity index (χ3v) is 4.33. The monoisotopic (exact) mass is 257 g/mol. The van der Waals surface area contributed by atoms with E-state index >= 15 is 0 Å². The van der Waals surface area contributed by atoms with E-state index in [1.807, 2.05) is 6.20 Å². The van der Waals surface area contributed by atoms with Crippen LogP contribution in [0, 0.1) is 0 Å². The van der Waals surface area contributed by atoms with Gasteiger partial charge in [-0.25, -0.2) is 5.01 Å². The van der Waals surface area contributed by atoms with E-state index in [0.29, 0.717) is 12.1 Å². The van der Waals surface area contributed by atoms with E-state index in [-0.39, 0.29) is 0 Å². The lowest BCUT2D eigenvalue weighted by Gasteiger charge is -2.39. The number of nitrogens with zero attached hydrogens (tertiary/aromatic N) is 1. The second-order valence-corrected chi connectivity index (χ2v) is 5.73. The summed E-state index contributed by atoms with van der Waals surface area (Å²) in [6.07, 6.45) is 5.96. The Morgan fingerprint density at radius 3 is 2.79 bits per heavy atom. The molecule has 1 saturated heterocycles. The molecule has 0 bridgehead atoms. The lowest BCUT2D eigenvalue weighted by Crippen LogP contribution is -2.51. The first-order valence-corrected chi connectivity index (χ1v) is 7.32. The average Bonchev–Trinajstić information content (AvgIpc) is 2.87. The summed E-state index contributed by atoms with van der Waals surface area (Å²) in [5, 5.41) is 3.77. The fraction of sp³-hybridized carbons (Fsp3) is 0.500. The van der Waals surface area contributed by atoms with E-state index in [9.17, 15) is 0 Å². The summed E-state index contributed by atoms with van der Waals surface area (Å²) in [7, 11) is 0. The normalized spacial score (nSPS) is 24.9. The Morgan fingerprint density at radius 1 is 1.21 bits per heavy atom. The van der Waals surface area contributed by atoms with Gasteiger partial charge in [0.25, 0.3) is 0 Å². The average molecular weight is 257 g/mol. The van der Waals surface area contributed by atoms with Gasteiger partial charge in [0, 0.05) is 35.7 Å². The molecule has 3 nitrogen and oxygen atoms in total. The Labute approximate surface area is 115 Å². The van der Waals surface area contributed by atoms with Crippen LogP contribution < -0.4 is 5.43 Å². The Kier molecular flexibility index (Phi) is 3.58. The van der Waals surface area contributed by atoms with E-state index in [1.54, 1.807) is 0 Å². The summed E-state index contributed by atoms with van der Waals surface area (Å²) in [6.45, 7) is 5.54. The molecule has 0 radical (unpaired) electrons. The molecular formula is C16H23N3. The summed E-state index contributed by atoms with van der Waals surface area (Å²) in [5.41, 5.74) is 6.22. The molecule has 3 heteroatoms. The molecule has 1 fully saturated rings. The summed E-state index contributed by atoms with van der Waals surface area (Å²) < 4.78 is 0. The molecule has 2 N–H and O–H groups in total. The van der Waals surface area contributed by atoms with Gasteiger partial charge in [0.05, 0.1) is 0 Å². The number of nitrogens with one attached hydrogen (secondary N) is 2. The first kappa shape index (κ1) is 12.7. The maximum Gasteiger partial charge on any atom is 0.0457 e. The zero-order valence-electron chi connectivity index (χ0n) is 11.8. The van der Waals surface area contributed by atoms with Crippen molar-refractivity contribution >= 4 is 10.9 Å². The number of rotatable bonds is 3. The van der Waals surface area contributed by atoms with Gasteiger partial charge in [0.1, 0.15) is 0 Å². The maximum absolute atomic E-state index is 3.64. The van der Waals surface area contributed by atoms with Crippen molar-refractivity contribution in [3.8, 4) is 0 Å². The van der Waals surface area contributed by atoms with Crippen LogP contribution in [0.4, 0.5) is 0 Å². The molecule has 0 spiro atoms. The summed E-state index contributed by atoms with van der Waals surface area (Å²) in [6, 6.07) is 9.89. The number of H-pyrrole nitrogens is 1. The fourth-order valence-electron chi connectivity index (χ4n) is 3.21. The van der Waals surface area contributed by atoms with Crippen LogP contribution in [0.15, 0.2) is 30.5 Å². The highest BCUT2D eigenvalue weighted by Crippen LogP contribution is 2.22. The van der Waals surface area contributed by atoms with Crippen LogP contribution in [0.2, 0.25) is 0 Å². The Hall–Kier alpha value is -1.32. The van der Waals surface area contributed by atoms with E-state index in [1.165, 1.54) is 35.7 Å². The summed E-state index contributed by atoms with van der Waals surface area (Å²) in [4.78, 5) is 3.27. The van der Waals surface area contributed by atoms with E-state index in [4.69, 9.17) is 0 Å². The zero-order valence-corrected chi connectivity index (χ0v) is 11.8. The van der Waals surface area contributed by atoms with Crippen molar-refractivity contribution in [1.82, 2.24) is 15.4 Å². The van der Waals surface area contributed by atoms with Crippen LogP contribution in [0.5, 0.6) is 0 Å². The molecule has 1 aromatic heterocycles. The second kappa shape index (κ2) is 5.35. The third-order valence-electron chi connectivity index (χ3n) is 4.33. The summed E-state index contributed by atoms with van der Waals surface area (Å²) in [5.74, 6) is 0. The molecule has 0 saturated carbocycles. The highest BCUT2D eigenvalue weighted by Gasteiger charge is 2.24. The topological polar surface area (TPSA) is 31.1 Å². The molecule has 3 rings (SSSR count). The fourth-order valence-corrected chi connectivity index (χ4v) is 3.21. The van der Waals surface area contributed by atoms with E-state index in [0.717, 1.165) is 6.54 Å². The minimum Gasteiger partial charge on any atom is -0.361 e. The minimum absolute atomic E-state index is 0.633. The standard InChI is InChI=1S/C16H23N3/c1-12-5-3-6-13(2)19(12)18-11-14-7-4-8-16-15(14)9-10-17-16/h4,7-10,12-13,17-18H,3,5-6,11H2,1-2H3. The Morgan fingerprint density at radius 2 is 2.00 bits per heavy atom. The molecule has 102 valence electrons. The lowest BCUT2D eigenvalue weighted by atomic mass is 10.00. The van der Waals surface area contributed by atoms with E-state index in [2.05, 4.69) is 53.5 Å². The van der Waals surface area contributed by atoms with Crippen molar-refractivity contribution in [3.05, 3.63) is 36.0 Å². The van der Waals surface area contributed by atoms with Crippen molar-refractivity contribution in [2.75, 3.05) is 0 Å². The molecule has 1 aromatic carbocycles. The number of aromatic amines is 1. The number of hydrogen-bond donors (Lipinski definition) is 2. The number of benzene rings is 1. The van der Waals surface area contributed by atoms with Crippen molar-refractivity contribution < 1.29 is 0 Å². The van der Waals surface area contributed by atoms with Crippen LogP contribution in [0.3, 0.4) is 0 Å². The van der Waals surface area contributed by atoms with Gasteiger partial charge < -0.3 is 4.98 Å². The SMILES string of the molecule is CC1CCCC(C)N1NCc1cccc2[nH]ccc12. The predicted molar refractivity (Wildman–Crippen MR) is 79.8 cm³/mol. The van der Waals surface area contributed by atoms with Crippen LogP contribution in [-0.2, 0) is 6.54 Å². The minimum atomic E-state index is 0.633.